The van der Waals surface area contributed by atoms with E-state index in [4.69, 9.17) is 4.74 Å². The lowest BCUT2D eigenvalue weighted by atomic mass is 9.71. The van der Waals surface area contributed by atoms with Gasteiger partial charge in [0, 0.05) is 38.6 Å². The number of hydrogen-bond donors (Lipinski definition) is 1. The van der Waals surface area contributed by atoms with E-state index >= 15 is 0 Å². The molecule has 1 saturated carbocycles. The Bertz CT molecular complexity index is 932. The molecule has 36 heavy (non-hydrogen) atoms. The molecule has 1 aliphatic carbocycles. The van der Waals surface area contributed by atoms with Crippen molar-refractivity contribution in [1.82, 2.24) is 9.80 Å². The van der Waals surface area contributed by atoms with E-state index in [-0.39, 0.29) is 42.7 Å². The van der Waals surface area contributed by atoms with Gasteiger partial charge in [-0.15, -0.1) is 24.8 Å². The van der Waals surface area contributed by atoms with Crippen LogP contribution in [0.5, 0.6) is 5.75 Å². The van der Waals surface area contributed by atoms with Crippen LogP contribution in [0.3, 0.4) is 0 Å². The summed E-state index contributed by atoms with van der Waals surface area (Å²) in [6, 6.07) is 13.7. The Balaban J connectivity index is 0.00000228. The van der Waals surface area contributed by atoms with E-state index in [2.05, 4.69) is 16.8 Å². The van der Waals surface area contributed by atoms with Gasteiger partial charge < -0.3 is 19.6 Å². The summed E-state index contributed by atoms with van der Waals surface area (Å²) in [6.07, 6.45) is -0.760. The number of hydrogen-bond acceptors (Lipinski definition) is 4. The highest BCUT2D eigenvalue weighted by Gasteiger charge is 2.44. The Labute approximate surface area is 224 Å². The summed E-state index contributed by atoms with van der Waals surface area (Å²) < 4.78 is 48.7. The molecule has 2 aliphatic rings. The summed E-state index contributed by atoms with van der Waals surface area (Å²) in [6.45, 7) is 3.97. The first-order valence-corrected chi connectivity index (χ1v) is 12.3. The third-order valence-corrected chi connectivity index (χ3v) is 7.36. The fourth-order valence-corrected chi connectivity index (χ4v) is 5.27. The number of rotatable bonds is 7. The van der Waals surface area contributed by atoms with Crippen molar-refractivity contribution in [3.63, 3.8) is 0 Å². The largest absolute Gasteiger partial charge is 0.489 e. The fraction of sp³-hybridized carbons (Fsp3) is 0.556. The normalized spacial score (nSPS) is 19.6. The number of halogens is 5. The zero-order valence-electron chi connectivity index (χ0n) is 20.7. The van der Waals surface area contributed by atoms with Gasteiger partial charge in [-0.25, -0.2) is 0 Å². The first-order chi connectivity index (χ1) is 16.2. The minimum atomic E-state index is -4.53. The van der Waals surface area contributed by atoms with Crippen molar-refractivity contribution in [2.45, 2.75) is 56.4 Å². The maximum atomic E-state index is 14.3. The Morgan fingerprint density at radius 3 is 2.19 bits per heavy atom. The molecule has 0 radical (unpaired) electrons. The van der Waals surface area contributed by atoms with Gasteiger partial charge in [-0.3, -0.25) is 0 Å². The average Bonchev–Trinajstić information content (AvgIpc) is 2.83. The lowest BCUT2D eigenvalue weighted by Crippen LogP contribution is -2.50. The SMILES string of the molecule is CN1CCN(CC(c2ccc(OCc3ccccc3)cc2C(F)(F)F)C2(O)CCCCC2)CC1.Cl.Cl. The van der Waals surface area contributed by atoms with Gasteiger partial charge in [-0.1, -0.05) is 55.7 Å². The molecular weight excluding hydrogens is 512 g/mol. The summed E-state index contributed by atoms with van der Waals surface area (Å²) in [7, 11) is 2.05. The Morgan fingerprint density at radius 2 is 1.58 bits per heavy atom. The van der Waals surface area contributed by atoms with Gasteiger partial charge in [0.2, 0.25) is 0 Å². The van der Waals surface area contributed by atoms with Crippen LogP contribution in [0.25, 0.3) is 0 Å². The maximum Gasteiger partial charge on any atom is 0.416 e. The molecule has 202 valence electrons. The molecule has 4 rings (SSSR count). The molecule has 1 unspecified atom stereocenters. The van der Waals surface area contributed by atoms with E-state index in [0.717, 1.165) is 57.1 Å². The number of aliphatic hydroxyl groups is 1. The zero-order valence-corrected chi connectivity index (χ0v) is 22.3. The van der Waals surface area contributed by atoms with E-state index in [1.807, 2.05) is 30.3 Å². The number of ether oxygens (including phenoxy) is 1. The lowest BCUT2D eigenvalue weighted by molar-refractivity contribution is -0.139. The van der Waals surface area contributed by atoms with Crippen molar-refractivity contribution in [3.8, 4) is 5.75 Å². The van der Waals surface area contributed by atoms with Crippen LogP contribution in [0, 0.1) is 0 Å². The smallest absolute Gasteiger partial charge is 0.416 e. The summed E-state index contributed by atoms with van der Waals surface area (Å²) in [5, 5.41) is 11.6. The first kappa shape index (κ1) is 30.7. The molecule has 1 saturated heterocycles. The van der Waals surface area contributed by atoms with Crippen LogP contribution in [0.15, 0.2) is 48.5 Å². The third kappa shape index (κ3) is 7.75. The van der Waals surface area contributed by atoms with Crippen molar-refractivity contribution in [2.75, 3.05) is 39.8 Å². The summed E-state index contributed by atoms with van der Waals surface area (Å²) in [5.74, 6) is -0.412. The van der Waals surface area contributed by atoms with E-state index in [0.29, 0.717) is 19.4 Å². The van der Waals surface area contributed by atoms with Gasteiger partial charge in [0.15, 0.2) is 0 Å². The van der Waals surface area contributed by atoms with Crippen LogP contribution < -0.4 is 4.74 Å². The molecule has 4 nitrogen and oxygen atoms in total. The molecule has 0 aromatic heterocycles. The summed E-state index contributed by atoms with van der Waals surface area (Å²) in [4.78, 5) is 4.43. The number of likely N-dealkylation sites (N-methyl/N-ethyl adjacent to an activating group) is 1. The molecular formula is C27H37Cl2F3N2O2. The Kier molecular flexibility index (Phi) is 11.4. The second-order valence-corrected chi connectivity index (χ2v) is 9.84. The minimum Gasteiger partial charge on any atom is -0.489 e. The molecule has 0 amide bonds. The number of nitrogens with zero attached hydrogens (tertiary/aromatic N) is 2. The quantitative estimate of drug-likeness (QED) is 0.449. The molecule has 0 spiro atoms. The summed E-state index contributed by atoms with van der Waals surface area (Å²) >= 11 is 0. The highest BCUT2D eigenvalue weighted by Crippen LogP contribution is 2.45. The zero-order chi connectivity index (χ0) is 24.2. The molecule has 1 heterocycles. The second-order valence-electron chi connectivity index (χ2n) is 9.84. The van der Waals surface area contributed by atoms with Crippen LogP contribution in [-0.4, -0.2) is 60.3 Å². The first-order valence-electron chi connectivity index (χ1n) is 12.3. The Morgan fingerprint density at radius 1 is 0.944 bits per heavy atom. The van der Waals surface area contributed by atoms with Crippen molar-refractivity contribution >= 4 is 24.8 Å². The van der Waals surface area contributed by atoms with E-state index in [9.17, 15) is 18.3 Å². The van der Waals surface area contributed by atoms with Crippen molar-refractivity contribution < 1.29 is 23.0 Å². The molecule has 2 aromatic carbocycles. The van der Waals surface area contributed by atoms with Crippen LogP contribution in [-0.2, 0) is 12.8 Å². The topological polar surface area (TPSA) is 35.9 Å². The van der Waals surface area contributed by atoms with Crippen LogP contribution >= 0.6 is 24.8 Å². The molecule has 9 heteroatoms. The standard InChI is InChI=1S/C27H35F3N2O2.2ClH/c1-31-14-16-32(17-15-31)19-25(26(33)12-6-3-7-13-26)23-11-10-22(18-24(23)27(28,29)30)34-20-21-8-4-2-5-9-21;;/h2,4-5,8-11,18,25,33H,3,6-7,12-17,19-20H2,1H3;2*1H. The van der Waals surface area contributed by atoms with Gasteiger partial charge in [0.1, 0.15) is 12.4 Å². The third-order valence-electron chi connectivity index (χ3n) is 7.36. The van der Waals surface area contributed by atoms with E-state index < -0.39 is 23.3 Å². The highest BCUT2D eigenvalue weighted by molar-refractivity contribution is 5.85. The van der Waals surface area contributed by atoms with Crippen molar-refractivity contribution in [2.24, 2.45) is 0 Å². The maximum absolute atomic E-state index is 14.3. The lowest BCUT2D eigenvalue weighted by Gasteiger charge is -2.44. The molecule has 0 bridgehead atoms. The Hall–Kier alpha value is -1.51. The number of piperazine rings is 1. The molecule has 1 atom stereocenters. The minimum absolute atomic E-state index is 0. The van der Waals surface area contributed by atoms with Gasteiger partial charge >= 0.3 is 6.18 Å². The summed E-state index contributed by atoms with van der Waals surface area (Å²) in [5.41, 5.74) is -0.753. The van der Waals surface area contributed by atoms with E-state index in [1.54, 1.807) is 6.07 Å². The van der Waals surface area contributed by atoms with Crippen molar-refractivity contribution in [1.29, 1.82) is 0 Å². The predicted molar refractivity (Wildman–Crippen MR) is 141 cm³/mol. The number of benzene rings is 2. The second kappa shape index (κ2) is 13.3. The highest BCUT2D eigenvalue weighted by atomic mass is 35.5. The van der Waals surface area contributed by atoms with Gasteiger partial charge in [0.25, 0.3) is 0 Å². The van der Waals surface area contributed by atoms with Crippen molar-refractivity contribution in [3.05, 3.63) is 65.2 Å². The van der Waals surface area contributed by atoms with Crippen LogP contribution in [0.4, 0.5) is 13.2 Å². The molecule has 1 N–H and O–H groups in total. The molecule has 2 aromatic rings. The fourth-order valence-electron chi connectivity index (χ4n) is 5.27. The molecule has 2 fully saturated rings. The predicted octanol–water partition coefficient (Wildman–Crippen LogP) is 6.15. The number of alkyl halides is 3. The molecule has 1 aliphatic heterocycles. The van der Waals surface area contributed by atoms with Crippen LogP contribution in [0.2, 0.25) is 0 Å². The van der Waals surface area contributed by atoms with Gasteiger partial charge in [-0.2, -0.15) is 13.2 Å². The van der Waals surface area contributed by atoms with E-state index in [1.165, 1.54) is 6.07 Å². The average molecular weight is 550 g/mol. The van der Waals surface area contributed by atoms with Crippen LogP contribution in [0.1, 0.15) is 54.7 Å². The monoisotopic (exact) mass is 548 g/mol. The van der Waals surface area contributed by atoms with Gasteiger partial charge in [-0.05, 0) is 43.1 Å². The van der Waals surface area contributed by atoms with Gasteiger partial charge in [0.05, 0.1) is 11.2 Å².